The van der Waals surface area contributed by atoms with Crippen LogP contribution in [0.5, 0.6) is 0 Å². The van der Waals surface area contributed by atoms with Crippen LogP contribution in [0.4, 0.5) is 0 Å². The third-order valence-electron chi connectivity index (χ3n) is 3.82. The van der Waals surface area contributed by atoms with Gasteiger partial charge in [0.15, 0.2) is 0 Å². The minimum atomic E-state index is -3.51. The van der Waals surface area contributed by atoms with Gasteiger partial charge in [-0.1, -0.05) is 17.7 Å². The van der Waals surface area contributed by atoms with Gasteiger partial charge in [0, 0.05) is 24.0 Å². The number of rotatable bonds is 3. The summed E-state index contributed by atoms with van der Waals surface area (Å²) in [7, 11) is -3.51. The van der Waals surface area contributed by atoms with Crippen molar-refractivity contribution >= 4 is 33.2 Å². The fourth-order valence-corrected chi connectivity index (χ4v) is 4.86. The highest BCUT2D eigenvalue weighted by atomic mass is 35.5. The highest BCUT2D eigenvalue weighted by Gasteiger charge is 2.39. The molecule has 7 heteroatoms. The first-order valence-electron chi connectivity index (χ1n) is 6.50. The summed E-state index contributed by atoms with van der Waals surface area (Å²) in [5, 5.41) is 0.386. The Kier molecular flexibility index (Phi) is 3.99. The standard InChI is InChI=1S/C13H15Cl2NO3S/c14-6-9-1-4-12(5-13(9)15)20(17,18)16-7-10-2-3-11(8-16)19-10/h1,4-5,10-11H,2-3,6-8H2. The second kappa shape index (κ2) is 5.46. The van der Waals surface area contributed by atoms with Gasteiger partial charge in [-0.2, -0.15) is 4.31 Å². The van der Waals surface area contributed by atoms with Crippen LogP contribution >= 0.6 is 23.2 Å². The van der Waals surface area contributed by atoms with Crippen molar-refractivity contribution in [3.05, 3.63) is 28.8 Å². The summed E-state index contributed by atoms with van der Waals surface area (Å²) in [4.78, 5) is 0.220. The first-order chi connectivity index (χ1) is 9.50. The zero-order chi connectivity index (χ0) is 14.3. The van der Waals surface area contributed by atoms with E-state index in [9.17, 15) is 8.42 Å². The Balaban J connectivity index is 1.90. The quantitative estimate of drug-likeness (QED) is 0.797. The van der Waals surface area contributed by atoms with E-state index in [1.54, 1.807) is 12.1 Å². The van der Waals surface area contributed by atoms with Crippen LogP contribution < -0.4 is 0 Å². The zero-order valence-electron chi connectivity index (χ0n) is 10.8. The van der Waals surface area contributed by atoms with Crippen molar-refractivity contribution in [2.24, 2.45) is 0 Å². The van der Waals surface area contributed by atoms with E-state index in [1.807, 2.05) is 0 Å². The normalized spacial score (nSPS) is 26.9. The monoisotopic (exact) mass is 335 g/mol. The summed E-state index contributed by atoms with van der Waals surface area (Å²) in [6.07, 6.45) is 1.92. The summed E-state index contributed by atoms with van der Waals surface area (Å²) in [5.41, 5.74) is 0.731. The number of alkyl halides is 1. The van der Waals surface area contributed by atoms with Crippen LogP contribution in [-0.2, 0) is 20.6 Å². The molecule has 0 spiro atoms. The molecule has 0 aliphatic carbocycles. The van der Waals surface area contributed by atoms with E-state index in [2.05, 4.69) is 0 Å². The Labute approximate surface area is 128 Å². The van der Waals surface area contributed by atoms with Crippen molar-refractivity contribution in [2.45, 2.75) is 35.8 Å². The molecule has 20 heavy (non-hydrogen) atoms. The molecule has 2 saturated heterocycles. The fraction of sp³-hybridized carbons (Fsp3) is 0.538. The number of hydrogen-bond donors (Lipinski definition) is 0. The van der Waals surface area contributed by atoms with E-state index < -0.39 is 10.0 Å². The lowest BCUT2D eigenvalue weighted by atomic mass is 10.2. The van der Waals surface area contributed by atoms with Gasteiger partial charge in [-0.15, -0.1) is 11.6 Å². The first-order valence-corrected chi connectivity index (χ1v) is 8.86. The second-order valence-electron chi connectivity index (χ2n) is 5.17. The maximum Gasteiger partial charge on any atom is 0.243 e. The van der Waals surface area contributed by atoms with Crippen molar-refractivity contribution < 1.29 is 13.2 Å². The van der Waals surface area contributed by atoms with E-state index >= 15 is 0 Å². The highest BCUT2D eigenvalue weighted by molar-refractivity contribution is 7.89. The molecule has 110 valence electrons. The van der Waals surface area contributed by atoms with Crippen LogP contribution in [0.25, 0.3) is 0 Å². The van der Waals surface area contributed by atoms with Gasteiger partial charge in [0.05, 0.1) is 17.1 Å². The van der Waals surface area contributed by atoms with Gasteiger partial charge in [-0.05, 0) is 30.5 Å². The number of morpholine rings is 1. The van der Waals surface area contributed by atoms with Crippen LogP contribution in [0.15, 0.2) is 23.1 Å². The Bertz CT molecular complexity index is 608. The molecule has 0 aromatic heterocycles. The first kappa shape index (κ1) is 14.6. The molecule has 0 amide bonds. The van der Waals surface area contributed by atoms with E-state index in [0.717, 1.165) is 18.4 Å². The zero-order valence-corrected chi connectivity index (χ0v) is 13.1. The molecule has 0 radical (unpaired) electrons. The van der Waals surface area contributed by atoms with Gasteiger partial charge < -0.3 is 4.74 Å². The third-order valence-corrected chi connectivity index (χ3v) is 6.28. The summed E-state index contributed by atoms with van der Waals surface area (Å²) in [6, 6.07) is 4.71. The molecule has 2 atom stereocenters. The van der Waals surface area contributed by atoms with Crippen LogP contribution in [0.2, 0.25) is 5.02 Å². The second-order valence-corrected chi connectivity index (χ2v) is 7.78. The Morgan fingerprint density at radius 2 is 1.90 bits per heavy atom. The van der Waals surface area contributed by atoms with E-state index in [1.165, 1.54) is 10.4 Å². The SMILES string of the molecule is O=S(=O)(c1ccc(CCl)c(Cl)c1)N1CC2CCC(C1)O2. The summed E-state index contributed by atoms with van der Waals surface area (Å²) >= 11 is 11.8. The van der Waals surface area contributed by atoms with Crippen molar-refractivity contribution in [3.63, 3.8) is 0 Å². The van der Waals surface area contributed by atoms with Crippen molar-refractivity contribution in [1.29, 1.82) is 0 Å². The van der Waals surface area contributed by atoms with Crippen LogP contribution in [-0.4, -0.2) is 38.0 Å². The predicted molar refractivity (Wildman–Crippen MR) is 77.7 cm³/mol. The van der Waals surface area contributed by atoms with Crippen molar-refractivity contribution in [3.8, 4) is 0 Å². The number of ether oxygens (including phenoxy) is 1. The van der Waals surface area contributed by atoms with Crippen LogP contribution in [0.3, 0.4) is 0 Å². The molecule has 3 rings (SSSR count). The molecule has 2 aliphatic rings. The molecule has 2 aliphatic heterocycles. The average Bonchev–Trinajstić information content (AvgIpc) is 2.77. The van der Waals surface area contributed by atoms with Gasteiger partial charge in [-0.25, -0.2) is 8.42 Å². The molecule has 4 nitrogen and oxygen atoms in total. The molecule has 1 aromatic rings. The molecular formula is C13H15Cl2NO3S. The number of sulfonamides is 1. The molecule has 2 fully saturated rings. The lowest BCUT2D eigenvalue weighted by molar-refractivity contribution is -0.0114. The van der Waals surface area contributed by atoms with Gasteiger partial charge in [0.1, 0.15) is 0 Å². The van der Waals surface area contributed by atoms with Crippen molar-refractivity contribution in [1.82, 2.24) is 4.31 Å². The smallest absolute Gasteiger partial charge is 0.243 e. The number of nitrogens with zero attached hydrogens (tertiary/aromatic N) is 1. The molecule has 2 unspecified atom stereocenters. The minimum Gasteiger partial charge on any atom is -0.372 e. The lowest BCUT2D eigenvalue weighted by Gasteiger charge is -2.31. The maximum absolute atomic E-state index is 12.6. The fourth-order valence-electron chi connectivity index (χ4n) is 2.72. The van der Waals surface area contributed by atoms with Crippen molar-refractivity contribution in [2.75, 3.05) is 13.1 Å². The number of fused-ring (bicyclic) bond motifs is 2. The van der Waals surface area contributed by atoms with Crippen LogP contribution in [0, 0.1) is 0 Å². The maximum atomic E-state index is 12.6. The summed E-state index contributed by atoms with van der Waals surface area (Å²) in [6.45, 7) is 0.849. The van der Waals surface area contributed by atoms with E-state index in [4.69, 9.17) is 27.9 Å². The Hall–Kier alpha value is -0.330. The summed E-state index contributed by atoms with van der Waals surface area (Å²) < 4.78 is 32.4. The van der Waals surface area contributed by atoms with E-state index in [-0.39, 0.29) is 23.0 Å². The number of benzene rings is 1. The highest BCUT2D eigenvalue weighted by Crippen LogP contribution is 2.31. The minimum absolute atomic E-state index is 0.0288. The third kappa shape index (κ3) is 2.57. The number of hydrogen-bond acceptors (Lipinski definition) is 3. The van der Waals surface area contributed by atoms with Gasteiger partial charge in [-0.3, -0.25) is 0 Å². The molecule has 1 aromatic carbocycles. The predicted octanol–water partition coefficient (Wildman–Crippen LogP) is 2.63. The Morgan fingerprint density at radius 3 is 2.45 bits per heavy atom. The van der Waals surface area contributed by atoms with Gasteiger partial charge in [0.25, 0.3) is 0 Å². The topological polar surface area (TPSA) is 46.6 Å². The van der Waals surface area contributed by atoms with Crippen LogP contribution in [0.1, 0.15) is 18.4 Å². The molecule has 2 heterocycles. The van der Waals surface area contributed by atoms with E-state index in [0.29, 0.717) is 18.1 Å². The molecule has 0 saturated carbocycles. The van der Waals surface area contributed by atoms with Gasteiger partial charge in [0.2, 0.25) is 10.0 Å². The molecule has 2 bridgehead atoms. The molecule has 0 N–H and O–H groups in total. The lowest BCUT2D eigenvalue weighted by Crippen LogP contribution is -2.45. The van der Waals surface area contributed by atoms with Gasteiger partial charge >= 0.3 is 0 Å². The number of halogens is 2. The Morgan fingerprint density at radius 1 is 1.25 bits per heavy atom. The average molecular weight is 336 g/mol. The summed E-state index contributed by atoms with van der Waals surface area (Å²) in [5.74, 6) is 0.265. The largest absolute Gasteiger partial charge is 0.372 e. The molecular weight excluding hydrogens is 321 g/mol.